The summed E-state index contributed by atoms with van der Waals surface area (Å²) in [6.45, 7) is 3.67. The van der Waals surface area contributed by atoms with Gasteiger partial charge in [-0.05, 0) is 30.2 Å². The number of carbonyl (C=O) groups is 2. The van der Waals surface area contributed by atoms with Crippen LogP contribution >= 0.6 is 0 Å². The molecule has 0 bridgehead atoms. The first-order chi connectivity index (χ1) is 12.5. The lowest BCUT2D eigenvalue weighted by molar-refractivity contribution is -0.138. The van der Waals surface area contributed by atoms with Gasteiger partial charge < -0.3 is 20.1 Å². The van der Waals surface area contributed by atoms with Gasteiger partial charge >= 0.3 is 5.97 Å². The summed E-state index contributed by atoms with van der Waals surface area (Å²) in [4.78, 5) is 25.0. The van der Waals surface area contributed by atoms with Crippen molar-refractivity contribution in [2.45, 2.75) is 32.9 Å². The summed E-state index contributed by atoms with van der Waals surface area (Å²) in [5, 5.41) is 12.4. The molecule has 1 amide bonds. The maximum absolute atomic E-state index is 11.8. The van der Waals surface area contributed by atoms with Crippen molar-refractivity contribution in [2.75, 3.05) is 17.3 Å². The van der Waals surface area contributed by atoms with Gasteiger partial charge in [-0.25, -0.2) is 4.79 Å². The Morgan fingerprint density at radius 1 is 1.19 bits per heavy atom. The summed E-state index contributed by atoms with van der Waals surface area (Å²) in [5.74, 6) is -0.550. The number of methoxy groups -OCH3 is 1. The number of carboxylic acids is 1. The van der Waals surface area contributed by atoms with Crippen LogP contribution in [0.4, 0.5) is 11.4 Å². The molecule has 0 aliphatic carbocycles. The molecule has 2 rings (SSSR count). The molecule has 0 unspecified atom stereocenters. The van der Waals surface area contributed by atoms with Crippen molar-refractivity contribution < 1.29 is 19.4 Å². The second-order valence-electron chi connectivity index (χ2n) is 5.94. The molecule has 1 atom stereocenters. The number of benzene rings is 2. The lowest BCUT2D eigenvalue weighted by Gasteiger charge is -2.32. The lowest BCUT2D eigenvalue weighted by Crippen LogP contribution is -2.40. The Labute approximate surface area is 153 Å². The van der Waals surface area contributed by atoms with Crippen molar-refractivity contribution in [1.82, 2.24) is 0 Å². The predicted molar refractivity (Wildman–Crippen MR) is 102 cm³/mol. The van der Waals surface area contributed by atoms with Crippen LogP contribution in [0.1, 0.15) is 25.8 Å². The molecule has 0 fully saturated rings. The molecule has 0 saturated heterocycles. The van der Waals surface area contributed by atoms with Crippen molar-refractivity contribution in [3.05, 3.63) is 54.1 Å². The average molecular weight is 356 g/mol. The summed E-state index contributed by atoms with van der Waals surface area (Å²) in [6.07, 6.45) is 0.426. The number of nitrogens with zero attached hydrogens (tertiary/aromatic N) is 1. The first-order valence-corrected chi connectivity index (χ1v) is 8.45. The molecule has 6 nitrogen and oxygen atoms in total. The third kappa shape index (κ3) is 4.75. The quantitative estimate of drug-likeness (QED) is 0.756. The summed E-state index contributed by atoms with van der Waals surface area (Å²) in [5.41, 5.74) is 2.20. The fourth-order valence-corrected chi connectivity index (χ4v) is 2.87. The molecule has 2 aromatic carbocycles. The van der Waals surface area contributed by atoms with Crippen LogP contribution in [0.5, 0.6) is 5.75 Å². The molecule has 0 aliphatic rings. The molecule has 0 radical (unpaired) electrons. The number of ether oxygens (including phenoxy) is 1. The Hall–Kier alpha value is -3.02. The van der Waals surface area contributed by atoms with E-state index in [9.17, 15) is 14.7 Å². The van der Waals surface area contributed by atoms with Crippen LogP contribution < -0.4 is 15.0 Å². The van der Waals surface area contributed by atoms with E-state index in [4.69, 9.17) is 4.74 Å². The van der Waals surface area contributed by atoms with Gasteiger partial charge in [0.25, 0.3) is 0 Å². The van der Waals surface area contributed by atoms with Crippen LogP contribution in [0.2, 0.25) is 0 Å². The number of nitrogens with one attached hydrogen (secondary N) is 1. The number of hydrogen-bond acceptors (Lipinski definition) is 4. The van der Waals surface area contributed by atoms with Gasteiger partial charge in [-0.15, -0.1) is 0 Å². The number of amides is 1. The van der Waals surface area contributed by atoms with Crippen LogP contribution in [0, 0.1) is 0 Å². The number of aliphatic carboxylic acids is 1. The Balaban J connectivity index is 2.52. The molecule has 2 aromatic rings. The summed E-state index contributed by atoms with van der Waals surface area (Å²) < 4.78 is 5.45. The number of anilines is 2. The fraction of sp³-hybridized carbons (Fsp3) is 0.300. The topological polar surface area (TPSA) is 78.9 Å². The van der Waals surface area contributed by atoms with Gasteiger partial charge in [0.1, 0.15) is 11.8 Å². The molecular formula is C20H24N2O4. The van der Waals surface area contributed by atoms with Gasteiger partial charge in [-0.3, -0.25) is 4.79 Å². The van der Waals surface area contributed by atoms with E-state index in [-0.39, 0.29) is 5.91 Å². The zero-order valence-electron chi connectivity index (χ0n) is 15.2. The van der Waals surface area contributed by atoms with Crippen molar-refractivity contribution in [3.63, 3.8) is 0 Å². The van der Waals surface area contributed by atoms with Gasteiger partial charge in [-0.1, -0.05) is 37.3 Å². The first-order valence-electron chi connectivity index (χ1n) is 8.45. The van der Waals surface area contributed by atoms with E-state index in [0.29, 0.717) is 30.1 Å². The smallest absolute Gasteiger partial charge is 0.326 e. The monoisotopic (exact) mass is 356 g/mol. The summed E-state index contributed by atoms with van der Waals surface area (Å²) >= 11 is 0. The van der Waals surface area contributed by atoms with Crippen molar-refractivity contribution >= 4 is 23.3 Å². The molecule has 0 heterocycles. The normalized spacial score (nSPS) is 11.5. The minimum atomic E-state index is -0.907. The van der Waals surface area contributed by atoms with Crippen molar-refractivity contribution in [1.29, 1.82) is 0 Å². The van der Waals surface area contributed by atoms with E-state index in [0.717, 1.165) is 5.56 Å². The van der Waals surface area contributed by atoms with E-state index in [2.05, 4.69) is 5.32 Å². The van der Waals surface area contributed by atoms with Gasteiger partial charge in [0, 0.05) is 19.2 Å². The van der Waals surface area contributed by atoms with E-state index < -0.39 is 12.0 Å². The Morgan fingerprint density at radius 3 is 2.42 bits per heavy atom. The Bertz CT molecular complexity index is 762. The van der Waals surface area contributed by atoms with Crippen LogP contribution in [0.25, 0.3) is 0 Å². The average Bonchev–Trinajstić information content (AvgIpc) is 2.61. The SMILES string of the molecule is CC[C@@H](C(=O)O)N(Cc1ccccc1)c1cc(NC(C)=O)ccc1OC. The van der Waals surface area contributed by atoms with Gasteiger partial charge in [0.05, 0.1) is 12.8 Å². The van der Waals surface area contributed by atoms with Crippen LogP contribution in [0.3, 0.4) is 0 Å². The van der Waals surface area contributed by atoms with Gasteiger partial charge in [0.15, 0.2) is 0 Å². The zero-order chi connectivity index (χ0) is 19.1. The standard InChI is InChI=1S/C20H24N2O4/c1-4-17(20(24)25)22(13-15-8-6-5-7-9-15)18-12-16(21-14(2)23)10-11-19(18)26-3/h5-12,17H,4,13H2,1-3H3,(H,21,23)(H,24,25)/t17-/m0/s1. The van der Waals surface area contributed by atoms with E-state index in [1.54, 1.807) is 30.2 Å². The summed E-state index contributed by atoms with van der Waals surface area (Å²) in [7, 11) is 1.54. The minimum absolute atomic E-state index is 0.194. The molecule has 138 valence electrons. The second kappa shape index (κ2) is 8.89. The maximum atomic E-state index is 11.8. The van der Waals surface area contributed by atoms with Crippen LogP contribution in [-0.4, -0.2) is 30.1 Å². The number of carbonyl (C=O) groups excluding carboxylic acids is 1. The molecule has 2 N–H and O–H groups in total. The van der Waals surface area contributed by atoms with Crippen LogP contribution in [-0.2, 0) is 16.1 Å². The molecule has 0 spiro atoms. The highest BCUT2D eigenvalue weighted by Crippen LogP contribution is 2.34. The maximum Gasteiger partial charge on any atom is 0.326 e. The highest BCUT2D eigenvalue weighted by atomic mass is 16.5. The van der Waals surface area contributed by atoms with E-state index in [1.165, 1.54) is 6.92 Å². The number of carboxylic acid groups (broad SMARTS) is 1. The molecule has 0 aliphatic heterocycles. The molecular weight excluding hydrogens is 332 g/mol. The molecule has 0 saturated carbocycles. The highest BCUT2D eigenvalue weighted by Gasteiger charge is 2.27. The first kappa shape index (κ1) is 19.3. The van der Waals surface area contributed by atoms with Gasteiger partial charge in [-0.2, -0.15) is 0 Å². The number of hydrogen-bond donors (Lipinski definition) is 2. The highest BCUT2D eigenvalue weighted by molar-refractivity contribution is 5.90. The third-order valence-electron chi connectivity index (χ3n) is 4.05. The Morgan fingerprint density at radius 2 is 1.88 bits per heavy atom. The van der Waals surface area contributed by atoms with Crippen molar-refractivity contribution in [3.8, 4) is 5.75 Å². The fourth-order valence-electron chi connectivity index (χ4n) is 2.87. The molecule has 26 heavy (non-hydrogen) atoms. The number of rotatable bonds is 8. The third-order valence-corrected chi connectivity index (χ3v) is 4.05. The predicted octanol–water partition coefficient (Wildman–Crippen LogP) is 3.52. The van der Waals surface area contributed by atoms with Crippen LogP contribution in [0.15, 0.2) is 48.5 Å². The van der Waals surface area contributed by atoms with E-state index in [1.807, 2.05) is 37.3 Å². The van der Waals surface area contributed by atoms with Crippen molar-refractivity contribution in [2.24, 2.45) is 0 Å². The second-order valence-corrected chi connectivity index (χ2v) is 5.94. The molecule has 0 aromatic heterocycles. The van der Waals surface area contributed by atoms with Gasteiger partial charge in [0.2, 0.25) is 5.91 Å². The largest absolute Gasteiger partial charge is 0.495 e. The minimum Gasteiger partial charge on any atom is -0.495 e. The van der Waals surface area contributed by atoms with E-state index >= 15 is 0 Å². The summed E-state index contributed by atoms with van der Waals surface area (Å²) in [6, 6.07) is 14.1. The lowest BCUT2D eigenvalue weighted by atomic mass is 10.1. The Kier molecular flexibility index (Phi) is 6.60. The zero-order valence-corrected chi connectivity index (χ0v) is 15.2. The molecule has 6 heteroatoms.